The third-order valence-electron chi connectivity index (χ3n) is 4.48. The normalized spacial score (nSPS) is 15.2. The van der Waals surface area contributed by atoms with Crippen LogP contribution >= 0.6 is 23.4 Å². The maximum Gasteiger partial charge on any atom is 0.293 e. The van der Waals surface area contributed by atoms with Crippen molar-refractivity contribution < 1.29 is 19.1 Å². The summed E-state index contributed by atoms with van der Waals surface area (Å²) in [4.78, 5) is 26.4. The fourth-order valence-electron chi connectivity index (χ4n) is 2.90. The molecule has 0 bridgehead atoms. The lowest BCUT2D eigenvalue weighted by Crippen LogP contribution is -2.29. The zero-order valence-corrected chi connectivity index (χ0v) is 18.6. The number of carbonyl (C=O) groups is 2. The van der Waals surface area contributed by atoms with E-state index in [1.165, 1.54) is 4.90 Å². The summed E-state index contributed by atoms with van der Waals surface area (Å²) in [7, 11) is 0. The molecule has 2 amide bonds. The summed E-state index contributed by atoms with van der Waals surface area (Å²) in [6.45, 7) is 5.25. The maximum atomic E-state index is 12.5. The van der Waals surface area contributed by atoms with E-state index >= 15 is 0 Å². The number of thioether (sulfide) groups is 1. The highest BCUT2D eigenvalue weighted by Gasteiger charge is 2.34. The summed E-state index contributed by atoms with van der Waals surface area (Å²) < 4.78 is 11.6. The lowest BCUT2D eigenvalue weighted by atomic mass is 10.1. The smallest absolute Gasteiger partial charge is 0.293 e. The highest BCUT2D eigenvalue weighted by Crippen LogP contribution is 2.35. The van der Waals surface area contributed by atoms with Crippen molar-refractivity contribution in [3.63, 3.8) is 0 Å². The number of carbonyl (C=O) groups excluding carboxylic acids is 2. The van der Waals surface area contributed by atoms with Crippen LogP contribution < -0.4 is 9.47 Å². The average Bonchev–Trinajstić information content (AvgIpc) is 3.00. The van der Waals surface area contributed by atoms with Crippen molar-refractivity contribution >= 4 is 40.6 Å². The summed E-state index contributed by atoms with van der Waals surface area (Å²) in [6.07, 6.45) is 3.46. The zero-order chi connectivity index (χ0) is 21.5. The minimum absolute atomic E-state index is 0.215. The molecule has 1 fully saturated rings. The molecule has 2 aromatic carbocycles. The second-order valence-corrected chi connectivity index (χ2v) is 8.17. The second-order valence-electron chi connectivity index (χ2n) is 6.74. The molecular formula is C23H24ClNO4S. The maximum absolute atomic E-state index is 12.5. The van der Waals surface area contributed by atoms with E-state index in [1.54, 1.807) is 6.08 Å². The number of imide groups is 1. The largest absolute Gasteiger partial charge is 0.490 e. The Morgan fingerprint density at radius 3 is 2.50 bits per heavy atom. The SMILES string of the molecule is CCCCN1C(=O)S/C(=C\c2ccc(OCc3ccc(Cl)cc3)c(OCC)c2)C1=O. The number of hydrogen-bond acceptors (Lipinski definition) is 5. The van der Waals surface area contributed by atoms with Crippen LogP contribution in [-0.2, 0) is 11.4 Å². The van der Waals surface area contributed by atoms with Gasteiger partial charge in [-0.2, -0.15) is 0 Å². The molecule has 3 rings (SSSR count). The van der Waals surface area contributed by atoms with E-state index in [0.717, 1.165) is 35.7 Å². The molecule has 0 unspecified atom stereocenters. The highest BCUT2D eigenvalue weighted by atomic mass is 35.5. The Morgan fingerprint density at radius 2 is 1.80 bits per heavy atom. The van der Waals surface area contributed by atoms with Crippen LogP contribution in [0.5, 0.6) is 11.5 Å². The Kier molecular flexibility index (Phi) is 7.82. The first kappa shape index (κ1) is 22.2. The van der Waals surface area contributed by atoms with Crippen molar-refractivity contribution in [2.24, 2.45) is 0 Å². The first-order valence-corrected chi connectivity index (χ1v) is 11.1. The number of amides is 2. The molecular weight excluding hydrogens is 422 g/mol. The monoisotopic (exact) mass is 445 g/mol. The predicted octanol–water partition coefficient (Wildman–Crippen LogP) is 6.15. The number of ether oxygens (including phenoxy) is 2. The van der Waals surface area contributed by atoms with Crippen molar-refractivity contribution in [2.75, 3.05) is 13.2 Å². The Bertz CT molecular complexity index is 943. The van der Waals surface area contributed by atoms with Gasteiger partial charge in [0.05, 0.1) is 11.5 Å². The number of benzene rings is 2. The van der Waals surface area contributed by atoms with Gasteiger partial charge in [-0.1, -0.05) is 43.1 Å². The first-order valence-electron chi connectivity index (χ1n) is 9.91. The van der Waals surface area contributed by atoms with E-state index in [1.807, 2.05) is 56.3 Å². The van der Waals surface area contributed by atoms with Crippen molar-refractivity contribution in [1.29, 1.82) is 0 Å². The van der Waals surface area contributed by atoms with Gasteiger partial charge >= 0.3 is 0 Å². The van der Waals surface area contributed by atoms with Gasteiger partial charge in [0.2, 0.25) is 0 Å². The van der Waals surface area contributed by atoms with Crippen LogP contribution in [0.1, 0.15) is 37.8 Å². The molecule has 0 atom stereocenters. The lowest BCUT2D eigenvalue weighted by molar-refractivity contribution is -0.122. The van der Waals surface area contributed by atoms with Gasteiger partial charge in [-0.3, -0.25) is 14.5 Å². The minimum atomic E-state index is -0.237. The summed E-state index contributed by atoms with van der Waals surface area (Å²) in [5.41, 5.74) is 1.77. The molecule has 0 aromatic heterocycles. The fraction of sp³-hybridized carbons (Fsp3) is 0.304. The molecule has 0 spiro atoms. The number of rotatable bonds is 9. The summed E-state index contributed by atoms with van der Waals surface area (Å²) in [5, 5.41) is 0.463. The summed E-state index contributed by atoms with van der Waals surface area (Å²) in [5.74, 6) is 0.963. The van der Waals surface area contributed by atoms with Crippen molar-refractivity contribution in [3.8, 4) is 11.5 Å². The second kappa shape index (κ2) is 10.5. The van der Waals surface area contributed by atoms with Crippen LogP contribution in [0.25, 0.3) is 6.08 Å². The third kappa shape index (κ3) is 5.58. The summed E-state index contributed by atoms with van der Waals surface area (Å²) in [6, 6.07) is 12.9. The molecule has 0 radical (unpaired) electrons. The van der Waals surface area contributed by atoms with Gasteiger partial charge in [-0.25, -0.2) is 0 Å². The van der Waals surface area contributed by atoms with Gasteiger partial charge in [0.15, 0.2) is 11.5 Å². The molecule has 0 N–H and O–H groups in total. The van der Waals surface area contributed by atoms with Crippen molar-refractivity contribution in [3.05, 3.63) is 63.5 Å². The van der Waals surface area contributed by atoms with E-state index in [4.69, 9.17) is 21.1 Å². The molecule has 5 nitrogen and oxygen atoms in total. The van der Waals surface area contributed by atoms with Crippen LogP contribution in [0.2, 0.25) is 5.02 Å². The molecule has 0 aliphatic carbocycles. The van der Waals surface area contributed by atoms with Crippen molar-refractivity contribution in [1.82, 2.24) is 4.90 Å². The fourth-order valence-corrected chi connectivity index (χ4v) is 3.90. The van der Waals surface area contributed by atoms with Gasteiger partial charge in [0.1, 0.15) is 6.61 Å². The number of hydrogen-bond donors (Lipinski definition) is 0. The standard InChI is InChI=1S/C23H24ClNO4S/c1-3-5-12-25-22(26)21(30-23(25)27)14-17-8-11-19(20(13-17)28-4-2)29-15-16-6-9-18(24)10-7-16/h6-11,13-14H,3-5,12,15H2,1-2H3/b21-14-. The van der Waals surface area contributed by atoms with Crippen LogP contribution in [0, 0.1) is 0 Å². The molecule has 158 valence electrons. The van der Waals surface area contributed by atoms with Gasteiger partial charge in [0, 0.05) is 11.6 Å². The highest BCUT2D eigenvalue weighted by molar-refractivity contribution is 8.18. The third-order valence-corrected chi connectivity index (χ3v) is 5.64. The Balaban J connectivity index is 1.75. The molecule has 7 heteroatoms. The van der Waals surface area contributed by atoms with Gasteiger partial charge in [-0.05, 0) is 66.6 Å². The Hall–Kier alpha value is -2.44. The quantitative estimate of drug-likeness (QED) is 0.433. The number of halogens is 1. The van der Waals surface area contributed by atoms with Crippen molar-refractivity contribution in [2.45, 2.75) is 33.3 Å². The van der Waals surface area contributed by atoms with E-state index < -0.39 is 0 Å². The van der Waals surface area contributed by atoms with Crippen LogP contribution in [0.4, 0.5) is 4.79 Å². The Labute approximate surface area is 186 Å². The lowest BCUT2D eigenvalue weighted by Gasteiger charge is -2.13. The molecule has 30 heavy (non-hydrogen) atoms. The van der Waals surface area contributed by atoms with E-state index in [-0.39, 0.29) is 11.1 Å². The molecule has 1 aliphatic rings. The summed E-state index contributed by atoms with van der Waals surface area (Å²) >= 11 is 6.89. The molecule has 1 heterocycles. The van der Waals surface area contributed by atoms with Crippen LogP contribution in [0.3, 0.4) is 0 Å². The average molecular weight is 446 g/mol. The number of unbranched alkanes of at least 4 members (excludes halogenated alkanes) is 1. The Morgan fingerprint density at radius 1 is 1.03 bits per heavy atom. The van der Waals surface area contributed by atoms with Crippen LogP contribution in [-0.4, -0.2) is 29.2 Å². The molecule has 2 aromatic rings. The minimum Gasteiger partial charge on any atom is -0.490 e. The first-order chi connectivity index (χ1) is 14.5. The van der Waals surface area contributed by atoms with Crippen LogP contribution in [0.15, 0.2) is 47.4 Å². The predicted molar refractivity (Wildman–Crippen MR) is 121 cm³/mol. The number of nitrogens with zero attached hydrogens (tertiary/aromatic N) is 1. The van der Waals surface area contributed by atoms with E-state index in [9.17, 15) is 9.59 Å². The topological polar surface area (TPSA) is 55.8 Å². The van der Waals surface area contributed by atoms with Gasteiger partial charge in [-0.15, -0.1) is 0 Å². The molecule has 0 saturated carbocycles. The zero-order valence-electron chi connectivity index (χ0n) is 17.0. The van der Waals surface area contributed by atoms with Gasteiger partial charge in [0.25, 0.3) is 11.1 Å². The molecule has 1 saturated heterocycles. The van der Waals surface area contributed by atoms with E-state index in [0.29, 0.717) is 41.2 Å². The van der Waals surface area contributed by atoms with Gasteiger partial charge < -0.3 is 9.47 Å². The van der Waals surface area contributed by atoms with E-state index in [2.05, 4.69) is 0 Å². The molecule has 1 aliphatic heterocycles.